The van der Waals surface area contributed by atoms with E-state index in [0.29, 0.717) is 0 Å². The molecule has 0 aliphatic heterocycles. The Hall–Kier alpha value is -2.02. The zero-order valence-corrected chi connectivity index (χ0v) is 9.08. The van der Waals surface area contributed by atoms with Gasteiger partial charge in [-0.25, -0.2) is 9.59 Å². The highest BCUT2D eigenvalue weighted by Gasteiger charge is 2.16. The molecule has 2 N–H and O–H groups in total. The van der Waals surface area contributed by atoms with Crippen LogP contribution in [0.3, 0.4) is 0 Å². The number of hydrogen-bond donors (Lipinski definition) is 2. The highest BCUT2D eigenvalue weighted by atomic mass is 32.1. The monoisotopic (exact) mass is 240 g/mol. The first-order chi connectivity index (χ1) is 7.60. The van der Waals surface area contributed by atoms with Gasteiger partial charge >= 0.3 is 12.0 Å². The Labute approximate surface area is 96.4 Å². The van der Waals surface area contributed by atoms with Gasteiger partial charge in [-0.15, -0.1) is 4.36 Å². The lowest BCUT2D eigenvalue weighted by Crippen LogP contribution is -2.11. The van der Waals surface area contributed by atoms with Crippen molar-refractivity contribution >= 4 is 30.1 Å². The third-order valence-corrected chi connectivity index (χ3v) is 1.96. The van der Waals surface area contributed by atoms with Gasteiger partial charge in [0.05, 0.1) is 18.4 Å². The Morgan fingerprint density at radius 3 is 2.69 bits per heavy atom. The van der Waals surface area contributed by atoms with E-state index in [2.05, 4.69) is 22.1 Å². The number of hydrogen-bond acceptors (Lipinski definition) is 4. The largest absolute Gasteiger partial charge is 0.495 e. The molecule has 0 atom stereocenters. The molecule has 0 spiro atoms. The number of rotatable bonds is 3. The molecule has 0 radical (unpaired) electrons. The van der Waals surface area contributed by atoms with Gasteiger partial charge in [0.15, 0.2) is 0 Å². The summed E-state index contributed by atoms with van der Waals surface area (Å²) in [5.74, 6) is -0.953. The molecular weight excluding hydrogens is 232 g/mol. The third-order valence-electron chi connectivity index (χ3n) is 1.79. The lowest BCUT2D eigenvalue weighted by molar-refractivity contribution is 0.0697. The number of benzene rings is 1. The molecule has 16 heavy (non-hydrogen) atoms. The molecule has 0 aliphatic carbocycles. The van der Waals surface area contributed by atoms with Gasteiger partial charge in [0, 0.05) is 12.4 Å². The summed E-state index contributed by atoms with van der Waals surface area (Å²) in [6.45, 7) is 0. The molecule has 0 aliphatic rings. The molecule has 0 saturated carbocycles. The van der Waals surface area contributed by atoms with Crippen LogP contribution in [0.5, 0.6) is 5.75 Å². The van der Waals surface area contributed by atoms with Crippen molar-refractivity contribution in [3.8, 4) is 5.75 Å². The number of methoxy groups -OCH3 is 1. The van der Waals surface area contributed by atoms with E-state index in [1.54, 1.807) is 0 Å². The Bertz CT molecular complexity index is 447. The molecule has 1 aromatic rings. The molecule has 2 amide bonds. The first kappa shape index (κ1) is 12.1. The number of urea groups is 1. The van der Waals surface area contributed by atoms with Crippen LogP contribution in [-0.2, 0) is 12.4 Å². The predicted octanol–water partition coefficient (Wildman–Crippen LogP) is 1.66. The van der Waals surface area contributed by atoms with Gasteiger partial charge in [-0.1, -0.05) is 6.07 Å². The summed E-state index contributed by atoms with van der Waals surface area (Å²) in [6, 6.07) is 3.54. The number of aromatic carboxylic acids is 1. The third kappa shape index (κ3) is 2.51. The Morgan fingerprint density at radius 2 is 2.19 bits per heavy atom. The summed E-state index contributed by atoms with van der Waals surface area (Å²) in [7, 11) is 1.36. The minimum atomic E-state index is -1.18. The second kappa shape index (κ2) is 5.17. The number of ether oxygens (including phenoxy) is 1. The average molecular weight is 240 g/mol. The highest BCUT2D eigenvalue weighted by molar-refractivity contribution is 7.47. The van der Waals surface area contributed by atoms with E-state index < -0.39 is 12.0 Å². The fourth-order valence-electron chi connectivity index (χ4n) is 1.14. The molecule has 0 unspecified atom stereocenters. The maximum Gasteiger partial charge on any atom is 0.356 e. The number of anilines is 1. The van der Waals surface area contributed by atoms with Crippen LogP contribution in [0.2, 0.25) is 0 Å². The van der Waals surface area contributed by atoms with Crippen molar-refractivity contribution in [2.24, 2.45) is 4.36 Å². The van der Waals surface area contributed by atoms with Gasteiger partial charge in [0.25, 0.3) is 0 Å². The van der Waals surface area contributed by atoms with Crippen LogP contribution in [0, 0.1) is 0 Å². The molecular formula is C9H8N2O4S. The van der Waals surface area contributed by atoms with E-state index in [-0.39, 0.29) is 17.0 Å². The quantitative estimate of drug-likeness (QED) is 0.838. The summed E-state index contributed by atoms with van der Waals surface area (Å²) in [5, 5.41) is 11.2. The van der Waals surface area contributed by atoms with Crippen molar-refractivity contribution in [1.29, 1.82) is 0 Å². The summed E-state index contributed by atoms with van der Waals surface area (Å²) < 4.78 is 7.87. The highest BCUT2D eigenvalue weighted by Crippen LogP contribution is 2.28. The summed E-state index contributed by atoms with van der Waals surface area (Å²) in [4.78, 5) is 21.9. The number of nitrogens with zero attached hydrogens (tertiary/aromatic N) is 1. The van der Waals surface area contributed by atoms with Gasteiger partial charge in [-0.2, -0.15) is 0 Å². The molecule has 7 heteroatoms. The van der Waals surface area contributed by atoms with Crippen molar-refractivity contribution in [2.75, 3.05) is 12.4 Å². The van der Waals surface area contributed by atoms with Crippen molar-refractivity contribution < 1.29 is 19.4 Å². The number of para-hydroxylation sites is 1. The molecule has 6 nitrogen and oxygen atoms in total. The Kier molecular flexibility index (Phi) is 3.90. The minimum absolute atomic E-state index is 0.0381. The predicted molar refractivity (Wildman–Crippen MR) is 58.8 cm³/mol. The second-order valence-corrected chi connectivity index (χ2v) is 2.89. The maximum atomic E-state index is 11.0. The fourth-order valence-corrected chi connectivity index (χ4v) is 1.18. The van der Waals surface area contributed by atoms with Crippen LogP contribution in [0.25, 0.3) is 0 Å². The van der Waals surface area contributed by atoms with Gasteiger partial charge < -0.3 is 15.2 Å². The van der Waals surface area contributed by atoms with Gasteiger partial charge in [0.1, 0.15) is 5.75 Å². The molecule has 0 bridgehead atoms. The SMILES string of the molecule is COc1cccc(C(=O)O)c1NC(=O)N=S. The lowest BCUT2D eigenvalue weighted by Gasteiger charge is -2.10. The van der Waals surface area contributed by atoms with Crippen molar-refractivity contribution in [3.05, 3.63) is 23.8 Å². The van der Waals surface area contributed by atoms with Gasteiger partial charge in [0.2, 0.25) is 0 Å². The van der Waals surface area contributed by atoms with Crippen LogP contribution in [-0.4, -0.2) is 24.2 Å². The topological polar surface area (TPSA) is 88.0 Å². The van der Waals surface area contributed by atoms with E-state index in [1.165, 1.54) is 25.3 Å². The van der Waals surface area contributed by atoms with Crippen LogP contribution in [0.4, 0.5) is 10.5 Å². The second-order valence-electron chi connectivity index (χ2n) is 2.71. The molecule has 0 fully saturated rings. The molecule has 0 heterocycles. The van der Waals surface area contributed by atoms with E-state index >= 15 is 0 Å². The number of amides is 2. The average Bonchev–Trinajstić information content (AvgIpc) is 2.28. The van der Waals surface area contributed by atoms with Gasteiger partial charge in [-0.3, -0.25) is 0 Å². The van der Waals surface area contributed by atoms with Crippen LogP contribution < -0.4 is 10.1 Å². The molecule has 0 saturated heterocycles. The van der Waals surface area contributed by atoms with E-state index in [1.807, 2.05) is 0 Å². The number of carbonyl (C=O) groups is 2. The van der Waals surface area contributed by atoms with Crippen LogP contribution in [0.1, 0.15) is 10.4 Å². The lowest BCUT2D eigenvalue weighted by atomic mass is 10.1. The molecule has 84 valence electrons. The van der Waals surface area contributed by atoms with E-state index in [0.717, 1.165) is 0 Å². The Balaban J connectivity index is 3.24. The summed E-state index contributed by atoms with van der Waals surface area (Å²) in [6.07, 6.45) is 0. The summed E-state index contributed by atoms with van der Waals surface area (Å²) >= 11 is 4.19. The number of carboxylic acids is 1. The normalized spacial score (nSPS) is 9.31. The van der Waals surface area contributed by atoms with Crippen molar-refractivity contribution in [1.82, 2.24) is 0 Å². The standard InChI is InChI=1S/C9H8N2O4S/c1-15-6-4-2-3-5(8(12)13)7(6)10-9(14)11-16/h2-4H,1H3,(H,10,14)(H,12,13). The first-order valence-corrected chi connectivity index (χ1v) is 4.51. The number of nitrogens with one attached hydrogen (secondary N) is 1. The van der Waals surface area contributed by atoms with E-state index in [4.69, 9.17) is 9.84 Å². The Morgan fingerprint density at radius 1 is 1.50 bits per heavy atom. The van der Waals surface area contributed by atoms with Crippen LogP contribution in [0.15, 0.2) is 22.6 Å². The zero-order chi connectivity index (χ0) is 12.1. The maximum absolute atomic E-state index is 11.0. The van der Waals surface area contributed by atoms with E-state index in [9.17, 15) is 9.59 Å². The fraction of sp³-hybridized carbons (Fsp3) is 0.111. The van der Waals surface area contributed by atoms with Crippen molar-refractivity contribution in [3.63, 3.8) is 0 Å². The minimum Gasteiger partial charge on any atom is -0.495 e. The number of carboxylic acid groups (broad SMARTS) is 1. The molecule has 0 aromatic heterocycles. The molecule has 1 rings (SSSR count). The molecule has 1 aromatic carbocycles. The smallest absolute Gasteiger partial charge is 0.356 e. The zero-order valence-electron chi connectivity index (χ0n) is 8.26. The number of carbonyl (C=O) groups excluding carboxylic acids is 1. The van der Waals surface area contributed by atoms with Gasteiger partial charge in [-0.05, 0) is 12.1 Å². The van der Waals surface area contributed by atoms with Crippen molar-refractivity contribution in [2.45, 2.75) is 0 Å². The van der Waals surface area contributed by atoms with Crippen LogP contribution >= 0.6 is 0 Å². The first-order valence-electron chi connectivity index (χ1n) is 4.14. The summed E-state index contributed by atoms with van der Waals surface area (Å²) in [5.41, 5.74) is -0.0533.